The molecule has 0 radical (unpaired) electrons. The van der Waals surface area contributed by atoms with Gasteiger partial charge in [-0.25, -0.2) is 4.90 Å². The summed E-state index contributed by atoms with van der Waals surface area (Å²) in [5.74, 6) is -0.273. The molecule has 3 nitrogen and oxygen atoms in total. The van der Waals surface area contributed by atoms with Crippen LogP contribution in [-0.4, -0.2) is 11.8 Å². The molecule has 2 amide bonds. The second-order valence-corrected chi connectivity index (χ2v) is 7.04. The number of hydrogen-bond acceptors (Lipinski definition) is 2. The molecule has 0 aromatic heterocycles. The molecule has 2 fully saturated rings. The lowest BCUT2D eigenvalue weighted by atomic mass is 9.62. The number of anilines is 1. The number of fused-ring (bicyclic) bond motifs is 2. The van der Waals surface area contributed by atoms with E-state index in [9.17, 15) is 9.59 Å². The van der Waals surface area contributed by atoms with Gasteiger partial charge < -0.3 is 0 Å². The van der Waals surface area contributed by atoms with E-state index in [-0.39, 0.29) is 23.1 Å². The Morgan fingerprint density at radius 1 is 1.25 bits per heavy atom. The normalized spacial score (nSPS) is 31.8. The predicted octanol–water partition coefficient (Wildman–Crippen LogP) is 3.66. The van der Waals surface area contributed by atoms with Crippen molar-refractivity contribution in [1.82, 2.24) is 0 Å². The lowest BCUT2D eigenvalue weighted by Crippen LogP contribution is -2.59. The highest BCUT2D eigenvalue weighted by Crippen LogP contribution is 2.60. The van der Waals surface area contributed by atoms with Gasteiger partial charge in [-0.05, 0) is 36.5 Å². The summed E-state index contributed by atoms with van der Waals surface area (Å²) in [4.78, 5) is 27.0. The largest absolute Gasteiger partial charge is 0.274 e. The van der Waals surface area contributed by atoms with E-state index in [0.29, 0.717) is 10.7 Å². The van der Waals surface area contributed by atoms with Crippen molar-refractivity contribution < 1.29 is 9.59 Å². The van der Waals surface area contributed by atoms with Gasteiger partial charge in [-0.15, -0.1) is 0 Å². The van der Waals surface area contributed by atoms with Crippen LogP contribution in [0.3, 0.4) is 0 Å². The number of hydrogen-bond donors (Lipinski definition) is 0. The van der Waals surface area contributed by atoms with Crippen LogP contribution in [0.15, 0.2) is 24.3 Å². The number of amides is 2. The summed E-state index contributed by atoms with van der Waals surface area (Å²) in [6, 6.07) is 6.95. The summed E-state index contributed by atoms with van der Waals surface area (Å²) >= 11 is 5.99. The van der Waals surface area contributed by atoms with Gasteiger partial charge >= 0.3 is 0 Å². The maximum absolute atomic E-state index is 12.9. The maximum atomic E-state index is 12.9. The van der Waals surface area contributed by atoms with E-state index in [4.69, 9.17) is 11.6 Å². The molecule has 0 N–H and O–H groups in total. The molecular weight excluding hydrogens is 274 g/mol. The van der Waals surface area contributed by atoms with E-state index in [0.717, 1.165) is 12.8 Å². The van der Waals surface area contributed by atoms with Crippen LogP contribution in [0.1, 0.15) is 33.6 Å². The molecule has 1 heterocycles. The maximum Gasteiger partial charge on any atom is 0.240 e. The van der Waals surface area contributed by atoms with Crippen molar-refractivity contribution in [2.45, 2.75) is 33.6 Å². The van der Waals surface area contributed by atoms with Gasteiger partial charge in [0, 0.05) is 10.9 Å². The van der Waals surface area contributed by atoms with Crippen LogP contribution in [0.5, 0.6) is 0 Å². The van der Waals surface area contributed by atoms with Crippen LogP contribution in [0.2, 0.25) is 5.02 Å². The lowest BCUT2D eigenvalue weighted by molar-refractivity contribution is -0.146. The highest BCUT2D eigenvalue weighted by atomic mass is 35.5. The molecule has 20 heavy (non-hydrogen) atoms. The molecule has 1 aliphatic heterocycles. The van der Waals surface area contributed by atoms with E-state index in [1.54, 1.807) is 24.3 Å². The molecule has 3 rings (SSSR count). The second-order valence-electron chi connectivity index (χ2n) is 6.60. The van der Waals surface area contributed by atoms with Gasteiger partial charge in [0.2, 0.25) is 11.8 Å². The number of nitrogens with zero attached hydrogens (tertiary/aromatic N) is 1. The van der Waals surface area contributed by atoms with Crippen molar-refractivity contribution in [3.63, 3.8) is 0 Å². The van der Waals surface area contributed by atoms with Crippen molar-refractivity contribution >= 4 is 29.1 Å². The molecule has 1 saturated carbocycles. The van der Waals surface area contributed by atoms with E-state index >= 15 is 0 Å². The minimum atomic E-state index is -0.478. The zero-order valence-electron chi connectivity index (χ0n) is 11.9. The number of piperidine rings is 1. The molecule has 1 aliphatic carbocycles. The van der Waals surface area contributed by atoms with Crippen LogP contribution in [-0.2, 0) is 9.59 Å². The molecule has 106 valence electrons. The van der Waals surface area contributed by atoms with E-state index in [2.05, 4.69) is 0 Å². The third-order valence-electron chi connectivity index (χ3n) is 5.49. The topological polar surface area (TPSA) is 37.4 Å². The number of carbonyl (C=O) groups is 2. The van der Waals surface area contributed by atoms with Crippen molar-refractivity contribution in [3.8, 4) is 0 Å². The number of benzene rings is 1. The average Bonchev–Trinajstić information content (AvgIpc) is 2.54. The fourth-order valence-corrected chi connectivity index (χ4v) is 3.86. The fraction of sp³-hybridized carbons (Fsp3) is 0.500. The smallest absolute Gasteiger partial charge is 0.240 e. The van der Waals surface area contributed by atoms with Gasteiger partial charge in [0.25, 0.3) is 0 Å². The molecule has 2 bridgehead atoms. The molecule has 0 spiro atoms. The SMILES string of the molecule is CC1(C)[C@H]2CC[C@]1(C)C(=O)N(c1cccc(Cl)c1)C2=O. The van der Waals surface area contributed by atoms with Gasteiger partial charge in [-0.1, -0.05) is 38.4 Å². The Labute approximate surface area is 123 Å². The Morgan fingerprint density at radius 3 is 2.60 bits per heavy atom. The molecule has 1 aromatic rings. The van der Waals surface area contributed by atoms with Crippen molar-refractivity contribution in [3.05, 3.63) is 29.3 Å². The molecule has 1 saturated heterocycles. The molecule has 2 atom stereocenters. The molecule has 2 aliphatic rings. The third-order valence-corrected chi connectivity index (χ3v) is 5.72. The van der Waals surface area contributed by atoms with Crippen molar-refractivity contribution in [2.24, 2.45) is 16.7 Å². The van der Waals surface area contributed by atoms with E-state index in [1.807, 2.05) is 20.8 Å². The van der Waals surface area contributed by atoms with E-state index < -0.39 is 5.41 Å². The molecule has 4 heteroatoms. The standard InChI is InChI=1S/C16H18ClNO2/c1-15(2)12-7-8-16(15,3)14(20)18(13(12)19)11-6-4-5-10(17)9-11/h4-6,9,12H,7-8H2,1-3H3/t12-,16+/m0/s1. The van der Waals surface area contributed by atoms with Crippen molar-refractivity contribution in [1.29, 1.82) is 0 Å². The lowest BCUT2D eigenvalue weighted by Gasteiger charge is -2.47. The first-order valence-corrected chi connectivity index (χ1v) is 7.31. The Balaban J connectivity index is 2.12. The van der Waals surface area contributed by atoms with Crippen LogP contribution in [0, 0.1) is 16.7 Å². The van der Waals surface area contributed by atoms with Gasteiger partial charge in [0.1, 0.15) is 0 Å². The van der Waals surface area contributed by atoms with Crippen LogP contribution in [0.25, 0.3) is 0 Å². The first-order chi connectivity index (χ1) is 9.29. The zero-order valence-corrected chi connectivity index (χ0v) is 12.7. The Hall–Kier alpha value is -1.35. The molecular formula is C16H18ClNO2. The fourth-order valence-electron chi connectivity index (χ4n) is 3.68. The monoisotopic (exact) mass is 291 g/mol. The zero-order chi connectivity index (χ0) is 14.7. The quantitative estimate of drug-likeness (QED) is 0.741. The summed E-state index contributed by atoms with van der Waals surface area (Å²) < 4.78 is 0. The number of imide groups is 1. The van der Waals surface area contributed by atoms with E-state index in [1.165, 1.54) is 4.90 Å². The predicted molar refractivity (Wildman–Crippen MR) is 78.6 cm³/mol. The average molecular weight is 292 g/mol. The van der Waals surface area contributed by atoms with Crippen LogP contribution in [0.4, 0.5) is 5.69 Å². The number of rotatable bonds is 1. The van der Waals surface area contributed by atoms with Crippen LogP contribution >= 0.6 is 11.6 Å². The number of halogens is 1. The first kappa shape index (κ1) is 13.6. The summed E-state index contributed by atoms with van der Waals surface area (Å²) in [5.41, 5.74) is -0.175. The Bertz CT molecular complexity index is 610. The van der Waals surface area contributed by atoms with Crippen molar-refractivity contribution in [2.75, 3.05) is 4.90 Å². The van der Waals surface area contributed by atoms with Gasteiger partial charge in [0.05, 0.1) is 11.1 Å². The minimum absolute atomic E-state index is 0.0859. The summed E-state index contributed by atoms with van der Waals surface area (Å²) in [6.07, 6.45) is 1.55. The molecule has 1 aromatic carbocycles. The summed E-state index contributed by atoms with van der Waals surface area (Å²) in [7, 11) is 0. The van der Waals surface area contributed by atoms with Gasteiger partial charge in [-0.3, -0.25) is 9.59 Å². The van der Waals surface area contributed by atoms with Gasteiger partial charge in [0.15, 0.2) is 0 Å². The minimum Gasteiger partial charge on any atom is -0.274 e. The molecule has 0 unspecified atom stereocenters. The Morgan fingerprint density at radius 2 is 1.95 bits per heavy atom. The first-order valence-electron chi connectivity index (χ1n) is 6.93. The third kappa shape index (κ3) is 1.53. The highest BCUT2D eigenvalue weighted by Gasteiger charge is 2.64. The number of carbonyl (C=O) groups excluding carboxylic acids is 2. The van der Waals surface area contributed by atoms with Gasteiger partial charge in [-0.2, -0.15) is 0 Å². The highest BCUT2D eigenvalue weighted by molar-refractivity contribution is 6.31. The summed E-state index contributed by atoms with van der Waals surface area (Å²) in [5, 5.41) is 0.533. The Kier molecular flexibility index (Phi) is 2.78. The second kappa shape index (κ2) is 4.08. The summed E-state index contributed by atoms with van der Waals surface area (Å²) in [6.45, 7) is 6.06. The van der Waals surface area contributed by atoms with Crippen LogP contribution < -0.4 is 4.90 Å².